The first-order chi connectivity index (χ1) is 12.1. The Hall–Kier alpha value is -2.21. The van der Waals surface area contributed by atoms with E-state index in [1.165, 1.54) is 6.07 Å². The topological polar surface area (TPSA) is 41.6 Å². The second-order valence-corrected chi connectivity index (χ2v) is 6.65. The van der Waals surface area contributed by atoms with Crippen molar-refractivity contribution in [1.29, 1.82) is 0 Å². The highest BCUT2D eigenvalue weighted by atomic mass is 32.2. The van der Waals surface area contributed by atoms with Gasteiger partial charge in [0.1, 0.15) is 11.6 Å². The van der Waals surface area contributed by atoms with Crippen molar-refractivity contribution in [2.24, 2.45) is 0 Å². The fourth-order valence-electron chi connectivity index (χ4n) is 2.32. The molecule has 0 aliphatic carbocycles. The van der Waals surface area contributed by atoms with Gasteiger partial charge in [0.05, 0.1) is 13.7 Å². The van der Waals surface area contributed by atoms with E-state index in [9.17, 15) is 9.18 Å². The summed E-state index contributed by atoms with van der Waals surface area (Å²) in [5.41, 5.74) is 1.64. The molecule has 0 heterocycles. The maximum absolute atomic E-state index is 13.5. The summed E-state index contributed by atoms with van der Waals surface area (Å²) in [5.74, 6) is 1.90. The quantitative estimate of drug-likeness (QED) is 0.724. The second kappa shape index (κ2) is 9.93. The molecule has 2 aromatic carbocycles. The number of nitrogens with zero attached hydrogens (tertiary/aromatic N) is 1. The van der Waals surface area contributed by atoms with Crippen LogP contribution in [0, 0.1) is 5.82 Å². The minimum absolute atomic E-state index is 0.141. The first-order valence-corrected chi connectivity index (χ1v) is 9.19. The van der Waals surface area contributed by atoms with Crippen LogP contribution in [0.1, 0.15) is 11.1 Å². The van der Waals surface area contributed by atoms with Crippen LogP contribution in [0.5, 0.6) is 5.75 Å². The SMILES string of the molecule is COc1ccccc1CN(C)C(=O)NCCSCc1ccccc1F. The summed E-state index contributed by atoms with van der Waals surface area (Å²) in [7, 11) is 3.36. The zero-order valence-corrected chi connectivity index (χ0v) is 15.3. The monoisotopic (exact) mass is 362 g/mol. The van der Waals surface area contributed by atoms with Gasteiger partial charge in [-0.1, -0.05) is 36.4 Å². The molecule has 0 bridgehead atoms. The zero-order valence-electron chi connectivity index (χ0n) is 14.5. The summed E-state index contributed by atoms with van der Waals surface area (Å²) in [6.07, 6.45) is 0. The minimum atomic E-state index is -0.185. The van der Waals surface area contributed by atoms with E-state index in [0.717, 1.165) is 17.1 Å². The van der Waals surface area contributed by atoms with Crippen LogP contribution in [-0.2, 0) is 12.3 Å². The van der Waals surface area contributed by atoms with Crippen LogP contribution in [0.25, 0.3) is 0 Å². The van der Waals surface area contributed by atoms with Crippen LogP contribution in [0.15, 0.2) is 48.5 Å². The van der Waals surface area contributed by atoms with Crippen LogP contribution in [0.2, 0.25) is 0 Å². The molecule has 0 spiro atoms. The van der Waals surface area contributed by atoms with E-state index in [4.69, 9.17) is 4.74 Å². The molecule has 0 fully saturated rings. The molecule has 2 aromatic rings. The van der Waals surface area contributed by atoms with Crippen molar-refractivity contribution >= 4 is 17.8 Å². The fourth-order valence-corrected chi connectivity index (χ4v) is 3.17. The molecule has 4 nitrogen and oxygen atoms in total. The van der Waals surface area contributed by atoms with Gasteiger partial charge in [0.15, 0.2) is 0 Å². The van der Waals surface area contributed by atoms with Gasteiger partial charge in [0.25, 0.3) is 0 Å². The molecule has 0 aliphatic rings. The van der Waals surface area contributed by atoms with Crippen LogP contribution in [0.3, 0.4) is 0 Å². The number of carbonyl (C=O) groups excluding carboxylic acids is 1. The summed E-state index contributed by atoms with van der Waals surface area (Å²) < 4.78 is 18.8. The number of carbonyl (C=O) groups is 1. The Morgan fingerprint density at radius 1 is 1.16 bits per heavy atom. The normalized spacial score (nSPS) is 10.4. The van der Waals surface area contributed by atoms with Crippen molar-refractivity contribution in [3.05, 3.63) is 65.5 Å². The Morgan fingerprint density at radius 2 is 1.84 bits per heavy atom. The van der Waals surface area contributed by atoms with Crippen molar-refractivity contribution in [2.45, 2.75) is 12.3 Å². The van der Waals surface area contributed by atoms with Crippen molar-refractivity contribution in [3.8, 4) is 5.75 Å². The molecule has 0 aliphatic heterocycles. The number of hydrogen-bond donors (Lipinski definition) is 1. The van der Waals surface area contributed by atoms with Gasteiger partial charge < -0.3 is 15.0 Å². The molecule has 0 saturated carbocycles. The number of amides is 2. The zero-order chi connectivity index (χ0) is 18.1. The summed E-state index contributed by atoms with van der Waals surface area (Å²) in [6.45, 7) is 1.01. The number of methoxy groups -OCH3 is 1. The van der Waals surface area contributed by atoms with E-state index in [0.29, 0.717) is 24.4 Å². The van der Waals surface area contributed by atoms with Crippen molar-refractivity contribution in [3.63, 3.8) is 0 Å². The standard InChI is InChI=1S/C19H23FN2O2S/c1-22(13-15-7-4-6-10-18(15)24-2)19(23)21-11-12-25-14-16-8-3-5-9-17(16)20/h3-10H,11-14H2,1-2H3,(H,21,23). The fraction of sp³-hybridized carbons (Fsp3) is 0.316. The number of ether oxygens (including phenoxy) is 1. The van der Waals surface area contributed by atoms with E-state index < -0.39 is 0 Å². The van der Waals surface area contributed by atoms with E-state index in [1.807, 2.05) is 30.3 Å². The van der Waals surface area contributed by atoms with Crippen molar-refractivity contribution in [1.82, 2.24) is 10.2 Å². The Balaban J connectivity index is 1.70. The smallest absolute Gasteiger partial charge is 0.317 e. The van der Waals surface area contributed by atoms with Gasteiger partial charge in [-0.2, -0.15) is 11.8 Å². The summed E-state index contributed by atoms with van der Waals surface area (Å²) in [6, 6.07) is 14.2. The van der Waals surface area contributed by atoms with Crippen molar-refractivity contribution in [2.75, 3.05) is 26.5 Å². The van der Waals surface area contributed by atoms with Crippen LogP contribution in [0.4, 0.5) is 9.18 Å². The van der Waals surface area contributed by atoms with Gasteiger partial charge >= 0.3 is 6.03 Å². The number of halogens is 1. The van der Waals surface area contributed by atoms with E-state index in [2.05, 4.69) is 5.32 Å². The highest BCUT2D eigenvalue weighted by Crippen LogP contribution is 2.18. The lowest BCUT2D eigenvalue weighted by Gasteiger charge is -2.19. The van der Waals surface area contributed by atoms with Gasteiger partial charge in [-0.15, -0.1) is 0 Å². The van der Waals surface area contributed by atoms with Crippen LogP contribution >= 0.6 is 11.8 Å². The summed E-state index contributed by atoms with van der Waals surface area (Å²) >= 11 is 1.59. The van der Waals surface area contributed by atoms with Crippen LogP contribution in [-0.4, -0.2) is 37.4 Å². The highest BCUT2D eigenvalue weighted by molar-refractivity contribution is 7.98. The average molecular weight is 362 g/mol. The maximum atomic E-state index is 13.5. The molecule has 0 atom stereocenters. The maximum Gasteiger partial charge on any atom is 0.317 e. The second-order valence-electron chi connectivity index (χ2n) is 5.54. The average Bonchev–Trinajstić information content (AvgIpc) is 2.63. The lowest BCUT2D eigenvalue weighted by molar-refractivity contribution is 0.207. The van der Waals surface area contributed by atoms with Gasteiger partial charge in [0.2, 0.25) is 0 Å². The molecule has 0 unspecified atom stereocenters. The van der Waals surface area contributed by atoms with E-state index in [-0.39, 0.29) is 11.8 Å². The number of benzene rings is 2. The molecule has 25 heavy (non-hydrogen) atoms. The Kier molecular flexibility index (Phi) is 7.60. The molecule has 2 amide bonds. The molecule has 0 aromatic heterocycles. The molecule has 1 N–H and O–H groups in total. The molecule has 6 heteroatoms. The number of hydrogen-bond acceptors (Lipinski definition) is 3. The predicted octanol–water partition coefficient (Wildman–Crippen LogP) is 3.91. The number of para-hydroxylation sites is 1. The predicted molar refractivity (Wildman–Crippen MR) is 100 cm³/mol. The molecule has 2 rings (SSSR count). The van der Waals surface area contributed by atoms with Gasteiger partial charge in [-0.25, -0.2) is 9.18 Å². The number of rotatable bonds is 8. The summed E-state index contributed by atoms with van der Waals surface area (Å²) in [5, 5.41) is 2.87. The highest BCUT2D eigenvalue weighted by Gasteiger charge is 2.11. The molecular weight excluding hydrogens is 339 g/mol. The Labute approximate surface area is 152 Å². The minimum Gasteiger partial charge on any atom is -0.496 e. The Bertz CT molecular complexity index is 697. The molecule has 0 saturated heterocycles. The molecule has 134 valence electrons. The third-order valence-corrected chi connectivity index (χ3v) is 4.69. The largest absolute Gasteiger partial charge is 0.496 e. The Morgan fingerprint density at radius 3 is 2.56 bits per heavy atom. The van der Waals surface area contributed by atoms with Gasteiger partial charge in [-0.05, 0) is 17.7 Å². The number of thioether (sulfide) groups is 1. The van der Waals surface area contributed by atoms with Gasteiger partial charge in [-0.3, -0.25) is 0 Å². The number of nitrogens with one attached hydrogen (secondary N) is 1. The van der Waals surface area contributed by atoms with E-state index >= 15 is 0 Å². The third kappa shape index (κ3) is 5.98. The first kappa shape index (κ1) is 19.1. The van der Waals surface area contributed by atoms with E-state index in [1.54, 1.807) is 43.0 Å². The lowest BCUT2D eigenvalue weighted by atomic mass is 10.2. The lowest BCUT2D eigenvalue weighted by Crippen LogP contribution is -2.37. The molecule has 0 radical (unpaired) electrons. The number of urea groups is 1. The van der Waals surface area contributed by atoms with Crippen molar-refractivity contribution < 1.29 is 13.9 Å². The molecular formula is C19H23FN2O2S. The summed E-state index contributed by atoms with van der Waals surface area (Å²) in [4.78, 5) is 13.7. The first-order valence-electron chi connectivity index (χ1n) is 8.04. The van der Waals surface area contributed by atoms with Crippen LogP contribution < -0.4 is 10.1 Å². The van der Waals surface area contributed by atoms with Gasteiger partial charge in [0, 0.05) is 30.7 Å². The third-order valence-electron chi connectivity index (χ3n) is 3.68.